The van der Waals surface area contributed by atoms with E-state index in [0.29, 0.717) is 19.6 Å². The molecule has 0 aliphatic carbocycles. The van der Waals surface area contributed by atoms with Gasteiger partial charge in [0.15, 0.2) is 0 Å². The number of carbonyl (C=O) groups excluding carboxylic acids is 2. The third kappa shape index (κ3) is 3.54. The zero-order valence-corrected chi connectivity index (χ0v) is 12.4. The number of carbonyl (C=O) groups is 2. The van der Waals surface area contributed by atoms with Gasteiger partial charge >= 0.3 is 5.97 Å². The lowest BCUT2D eigenvalue weighted by Gasteiger charge is -2.15. The molecule has 1 atom stereocenters. The fourth-order valence-corrected chi connectivity index (χ4v) is 2.66. The minimum Gasteiger partial charge on any atom is -0.457 e. The van der Waals surface area contributed by atoms with Gasteiger partial charge in [0, 0.05) is 31.1 Å². The van der Waals surface area contributed by atoms with Crippen molar-refractivity contribution in [3.63, 3.8) is 0 Å². The van der Waals surface area contributed by atoms with Crippen molar-refractivity contribution in [3.8, 4) is 0 Å². The summed E-state index contributed by atoms with van der Waals surface area (Å²) in [7, 11) is 0. The van der Waals surface area contributed by atoms with Crippen LogP contribution in [0.25, 0.3) is 6.08 Å². The fourth-order valence-electron chi connectivity index (χ4n) is 2.66. The molecule has 2 aliphatic heterocycles. The second-order valence-electron chi connectivity index (χ2n) is 5.50. The van der Waals surface area contributed by atoms with Crippen molar-refractivity contribution in [3.05, 3.63) is 35.9 Å². The van der Waals surface area contributed by atoms with Gasteiger partial charge in [0.2, 0.25) is 5.91 Å². The number of esters is 1. The van der Waals surface area contributed by atoms with Crippen LogP contribution in [0.1, 0.15) is 24.8 Å². The molecule has 5 heteroatoms. The molecule has 1 aromatic rings. The fraction of sp³-hybridized carbons (Fsp3) is 0.412. The summed E-state index contributed by atoms with van der Waals surface area (Å²) < 4.78 is 10.4. The maximum Gasteiger partial charge on any atom is 0.331 e. The molecule has 2 heterocycles. The number of nitrogens with zero attached hydrogens (tertiary/aromatic N) is 1. The molecule has 0 radical (unpaired) electrons. The maximum absolute atomic E-state index is 11.7. The third-order valence-corrected chi connectivity index (χ3v) is 3.86. The minimum atomic E-state index is -0.353. The number of hydrogen-bond acceptors (Lipinski definition) is 4. The Hall–Kier alpha value is -2.14. The van der Waals surface area contributed by atoms with Crippen LogP contribution in [0.3, 0.4) is 0 Å². The van der Waals surface area contributed by atoms with Crippen LogP contribution >= 0.6 is 0 Å². The minimum absolute atomic E-state index is 0.124. The Labute approximate surface area is 129 Å². The molecule has 2 fully saturated rings. The largest absolute Gasteiger partial charge is 0.457 e. The zero-order chi connectivity index (χ0) is 15.4. The van der Waals surface area contributed by atoms with Crippen molar-refractivity contribution >= 4 is 23.6 Å². The highest BCUT2D eigenvalue weighted by Crippen LogP contribution is 2.22. The molecule has 3 rings (SSSR count). The predicted octanol–water partition coefficient (Wildman–Crippen LogP) is 2.16. The molecular weight excluding hydrogens is 282 g/mol. The van der Waals surface area contributed by atoms with Crippen LogP contribution in [-0.2, 0) is 19.1 Å². The van der Waals surface area contributed by atoms with Gasteiger partial charge in [-0.1, -0.05) is 12.1 Å². The third-order valence-electron chi connectivity index (χ3n) is 3.86. The van der Waals surface area contributed by atoms with Gasteiger partial charge in [0.25, 0.3) is 0 Å². The summed E-state index contributed by atoms with van der Waals surface area (Å²) in [6.45, 7) is 1.92. The van der Waals surface area contributed by atoms with E-state index in [9.17, 15) is 9.59 Å². The summed E-state index contributed by atoms with van der Waals surface area (Å²) >= 11 is 0. The van der Waals surface area contributed by atoms with Gasteiger partial charge in [-0.3, -0.25) is 4.79 Å². The van der Waals surface area contributed by atoms with E-state index in [1.54, 1.807) is 11.0 Å². The Morgan fingerprint density at radius 3 is 2.77 bits per heavy atom. The van der Waals surface area contributed by atoms with E-state index in [0.717, 1.165) is 30.6 Å². The first kappa shape index (κ1) is 14.8. The SMILES string of the molecule is O=C(/C=C/c1ccc(N2CCCC2=O)cc1)O[C@H]1CCOC1. The van der Waals surface area contributed by atoms with Crippen LogP contribution in [0.2, 0.25) is 0 Å². The molecule has 0 saturated carbocycles. The van der Waals surface area contributed by atoms with Crippen LogP contribution in [-0.4, -0.2) is 37.7 Å². The molecule has 0 spiro atoms. The molecule has 116 valence electrons. The van der Waals surface area contributed by atoms with E-state index in [2.05, 4.69) is 0 Å². The Morgan fingerprint density at radius 2 is 2.14 bits per heavy atom. The maximum atomic E-state index is 11.7. The molecule has 1 aromatic carbocycles. The van der Waals surface area contributed by atoms with Crippen LogP contribution in [0, 0.1) is 0 Å². The summed E-state index contributed by atoms with van der Waals surface area (Å²) in [5.74, 6) is -0.181. The highest BCUT2D eigenvalue weighted by molar-refractivity contribution is 5.95. The van der Waals surface area contributed by atoms with Gasteiger partial charge in [-0.25, -0.2) is 4.79 Å². The van der Waals surface area contributed by atoms with Gasteiger partial charge in [-0.15, -0.1) is 0 Å². The van der Waals surface area contributed by atoms with Gasteiger partial charge < -0.3 is 14.4 Å². The molecule has 1 amide bonds. The summed E-state index contributed by atoms with van der Waals surface area (Å²) in [5, 5.41) is 0. The van der Waals surface area contributed by atoms with E-state index in [1.165, 1.54) is 6.08 Å². The smallest absolute Gasteiger partial charge is 0.331 e. The normalized spacial score (nSPS) is 21.7. The molecule has 0 unspecified atom stereocenters. The molecule has 2 aliphatic rings. The Bertz CT molecular complexity index is 573. The molecular formula is C17H19NO4. The lowest BCUT2D eigenvalue weighted by molar-refractivity contribution is -0.142. The Kier molecular flexibility index (Phi) is 4.53. The number of rotatable bonds is 4. The van der Waals surface area contributed by atoms with Crippen LogP contribution in [0.4, 0.5) is 5.69 Å². The van der Waals surface area contributed by atoms with Crippen molar-refractivity contribution in [2.45, 2.75) is 25.4 Å². The van der Waals surface area contributed by atoms with Gasteiger partial charge in [-0.05, 0) is 30.2 Å². The van der Waals surface area contributed by atoms with Crippen LogP contribution in [0.15, 0.2) is 30.3 Å². The molecule has 0 bridgehead atoms. The van der Waals surface area contributed by atoms with Gasteiger partial charge in [0.1, 0.15) is 6.10 Å². The van der Waals surface area contributed by atoms with Crippen LogP contribution < -0.4 is 4.90 Å². The molecule has 22 heavy (non-hydrogen) atoms. The van der Waals surface area contributed by atoms with E-state index in [1.807, 2.05) is 24.3 Å². The molecule has 0 aromatic heterocycles. The summed E-state index contributed by atoms with van der Waals surface area (Å²) in [6.07, 6.45) is 5.32. The lowest BCUT2D eigenvalue weighted by Crippen LogP contribution is -2.23. The monoisotopic (exact) mass is 301 g/mol. The van der Waals surface area contributed by atoms with Crippen molar-refractivity contribution in [1.82, 2.24) is 0 Å². The lowest BCUT2D eigenvalue weighted by atomic mass is 10.2. The van der Waals surface area contributed by atoms with E-state index < -0.39 is 0 Å². The number of benzene rings is 1. The average molecular weight is 301 g/mol. The van der Waals surface area contributed by atoms with E-state index in [-0.39, 0.29) is 18.0 Å². The first-order valence-electron chi connectivity index (χ1n) is 7.59. The Morgan fingerprint density at radius 1 is 1.32 bits per heavy atom. The standard InChI is InChI=1S/C17H19NO4/c19-16-2-1-10-18(16)14-6-3-13(4-7-14)5-8-17(20)22-15-9-11-21-12-15/h3-8,15H,1-2,9-12H2/b8-5+/t15-/m0/s1. The van der Waals surface area contributed by atoms with Gasteiger partial charge in [-0.2, -0.15) is 0 Å². The molecule has 0 N–H and O–H groups in total. The predicted molar refractivity (Wildman–Crippen MR) is 82.4 cm³/mol. The molecule has 2 saturated heterocycles. The van der Waals surface area contributed by atoms with E-state index >= 15 is 0 Å². The van der Waals surface area contributed by atoms with Crippen molar-refractivity contribution in [2.75, 3.05) is 24.7 Å². The summed E-state index contributed by atoms with van der Waals surface area (Å²) in [5.41, 5.74) is 1.81. The van der Waals surface area contributed by atoms with Crippen molar-refractivity contribution in [1.29, 1.82) is 0 Å². The molecule has 5 nitrogen and oxygen atoms in total. The van der Waals surface area contributed by atoms with E-state index in [4.69, 9.17) is 9.47 Å². The second kappa shape index (κ2) is 6.75. The number of anilines is 1. The first-order chi connectivity index (χ1) is 10.7. The number of hydrogen-bond donors (Lipinski definition) is 0. The quantitative estimate of drug-likeness (QED) is 0.631. The topological polar surface area (TPSA) is 55.8 Å². The average Bonchev–Trinajstić information content (AvgIpc) is 3.17. The number of amides is 1. The summed E-state index contributed by atoms with van der Waals surface area (Å²) in [4.78, 5) is 25.1. The number of ether oxygens (including phenoxy) is 2. The van der Waals surface area contributed by atoms with Gasteiger partial charge in [0.05, 0.1) is 13.2 Å². The van der Waals surface area contributed by atoms with Crippen molar-refractivity contribution < 1.29 is 19.1 Å². The summed E-state index contributed by atoms with van der Waals surface area (Å²) in [6, 6.07) is 7.59. The van der Waals surface area contributed by atoms with Crippen molar-refractivity contribution in [2.24, 2.45) is 0 Å². The highest BCUT2D eigenvalue weighted by atomic mass is 16.6. The van der Waals surface area contributed by atoms with Crippen LogP contribution in [0.5, 0.6) is 0 Å². The zero-order valence-electron chi connectivity index (χ0n) is 12.4. The Balaban J connectivity index is 1.57. The first-order valence-corrected chi connectivity index (χ1v) is 7.59. The second-order valence-corrected chi connectivity index (χ2v) is 5.50. The highest BCUT2D eigenvalue weighted by Gasteiger charge is 2.21.